The summed E-state index contributed by atoms with van der Waals surface area (Å²) >= 11 is 0. The lowest BCUT2D eigenvalue weighted by Crippen LogP contribution is -2.63. The number of nitrogens with zero attached hydrogens (tertiary/aromatic N) is 2. The van der Waals surface area contributed by atoms with E-state index in [-0.39, 0.29) is 18.8 Å². The molecule has 0 saturated carbocycles. The molecule has 3 aliphatic heterocycles. The SMILES string of the molecule is CP1C2C1(c1ccccc1)[Si]21N(CC(C)(C)C)c2ccccc2N1CC(C)(C)C. The summed E-state index contributed by atoms with van der Waals surface area (Å²) in [5.74, 6) is 0. The summed E-state index contributed by atoms with van der Waals surface area (Å²) in [6.07, 6.45) is 0. The zero-order valence-electron chi connectivity index (χ0n) is 19.0. The van der Waals surface area contributed by atoms with E-state index in [0.29, 0.717) is 4.78 Å². The number of fused-ring (bicyclic) bond motifs is 4. The third-order valence-corrected chi connectivity index (χ3v) is 19.2. The van der Waals surface area contributed by atoms with Crippen LogP contribution >= 0.6 is 7.92 Å². The highest BCUT2D eigenvalue weighted by Crippen LogP contribution is 2.99. The van der Waals surface area contributed by atoms with Crippen molar-refractivity contribution < 1.29 is 0 Å². The molecular weight excluding hydrogens is 387 g/mol. The highest BCUT2D eigenvalue weighted by atomic mass is 31.1. The minimum atomic E-state index is -1.84. The molecule has 0 N–H and O–H groups in total. The molecule has 3 aliphatic rings. The minimum absolute atomic E-state index is 0.0850. The Morgan fingerprint density at radius 2 is 1.24 bits per heavy atom. The van der Waals surface area contributed by atoms with Crippen LogP contribution in [-0.2, 0) is 4.78 Å². The van der Waals surface area contributed by atoms with Crippen molar-refractivity contribution in [2.75, 3.05) is 28.9 Å². The van der Waals surface area contributed by atoms with Crippen LogP contribution in [0, 0.1) is 10.8 Å². The lowest BCUT2D eigenvalue weighted by Gasteiger charge is -2.45. The monoisotopic (exact) mass is 422 g/mol. The van der Waals surface area contributed by atoms with Crippen molar-refractivity contribution in [2.24, 2.45) is 10.8 Å². The van der Waals surface area contributed by atoms with Gasteiger partial charge in [0.25, 0.3) is 8.40 Å². The molecule has 4 heteroatoms. The molecule has 0 amide bonds. The van der Waals surface area contributed by atoms with Gasteiger partial charge in [-0.15, -0.1) is 0 Å². The van der Waals surface area contributed by atoms with Gasteiger partial charge >= 0.3 is 0 Å². The van der Waals surface area contributed by atoms with Crippen molar-refractivity contribution in [1.82, 2.24) is 0 Å². The molecule has 2 nitrogen and oxygen atoms in total. The molecule has 2 fully saturated rings. The highest BCUT2D eigenvalue weighted by Gasteiger charge is 3.02. The van der Waals surface area contributed by atoms with Gasteiger partial charge < -0.3 is 9.13 Å². The van der Waals surface area contributed by atoms with Gasteiger partial charge in [-0.3, -0.25) is 0 Å². The second-order valence-corrected chi connectivity index (χ2v) is 18.9. The lowest BCUT2D eigenvalue weighted by atomic mass is 9.96. The first-order valence-corrected chi connectivity index (χ1v) is 14.8. The Labute approximate surface area is 179 Å². The van der Waals surface area contributed by atoms with Crippen LogP contribution in [0.1, 0.15) is 47.1 Å². The molecule has 0 aromatic heterocycles. The molecule has 0 bridgehead atoms. The van der Waals surface area contributed by atoms with Gasteiger partial charge in [0.2, 0.25) is 0 Å². The molecule has 3 atom stereocenters. The Kier molecular flexibility index (Phi) is 3.99. The molecule has 29 heavy (non-hydrogen) atoms. The Morgan fingerprint density at radius 3 is 1.66 bits per heavy atom. The van der Waals surface area contributed by atoms with E-state index in [4.69, 9.17) is 0 Å². The van der Waals surface area contributed by atoms with E-state index in [9.17, 15) is 0 Å². The summed E-state index contributed by atoms with van der Waals surface area (Å²) in [4.78, 5) is 0. The number of para-hydroxylation sites is 2. The highest BCUT2D eigenvalue weighted by molar-refractivity contribution is 7.83. The lowest BCUT2D eigenvalue weighted by molar-refractivity contribution is 0.423. The largest absolute Gasteiger partial charge is 0.377 e. The zero-order chi connectivity index (χ0) is 20.8. The van der Waals surface area contributed by atoms with Gasteiger partial charge in [0.15, 0.2) is 0 Å². The summed E-state index contributed by atoms with van der Waals surface area (Å²) in [6, 6.07) is 20.8. The number of benzene rings is 2. The van der Waals surface area contributed by atoms with Gasteiger partial charge in [-0.2, -0.15) is 0 Å². The second-order valence-electron chi connectivity index (χ2n) is 11.7. The maximum absolute atomic E-state index is 2.95. The topological polar surface area (TPSA) is 6.48 Å². The third-order valence-electron chi connectivity index (χ3n) is 6.90. The Bertz CT molecular complexity index is 902. The maximum atomic E-state index is 2.95. The van der Waals surface area contributed by atoms with Crippen molar-refractivity contribution in [1.29, 1.82) is 0 Å². The summed E-state index contributed by atoms with van der Waals surface area (Å²) < 4.78 is 6.36. The molecule has 2 aromatic carbocycles. The fraction of sp³-hybridized carbons (Fsp3) is 0.520. The normalized spacial score (nSPS) is 29.1. The van der Waals surface area contributed by atoms with E-state index in [2.05, 4.69) is 112 Å². The summed E-state index contributed by atoms with van der Waals surface area (Å²) in [5.41, 5.74) is 5.20. The number of hydrogen-bond acceptors (Lipinski definition) is 2. The Morgan fingerprint density at radius 1 is 0.793 bits per heavy atom. The van der Waals surface area contributed by atoms with Crippen molar-refractivity contribution in [2.45, 2.75) is 51.6 Å². The number of rotatable bonds is 3. The van der Waals surface area contributed by atoms with Crippen LogP contribution in [0.4, 0.5) is 11.4 Å². The van der Waals surface area contributed by atoms with Gasteiger partial charge in [-0.05, 0) is 35.2 Å². The third kappa shape index (κ3) is 2.50. The summed E-state index contributed by atoms with van der Waals surface area (Å²) in [5, 5.41) is 0.907. The fourth-order valence-electron chi connectivity index (χ4n) is 6.06. The van der Waals surface area contributed by atoms with Crippen LogP contribution in [0.25, 0.3) is 0 Å². The summed E-state index contributed by atoms with van der Waals surface area (Å²) in [7, 11) is -1.75. The van der Waals surface area contributed by atoms with Crippen molar-refractivity contribution in [3.63, 3.8) is 0 Å². The van der Waals surface area contributed by atoms with Crippen LogP contribution in [0.5, 0.6) is 0 Å². The van der Waals surface area contributed by atoms with E-state index >= 15 is 0 Å². The van der Waals surface area contributed by atoms with Crippen LogP contribution in [-0.4, -0.2) is 33.4 Å². The van der Waals surface area contributed by atoms with E-state index in [1.807, 2.05) is 0 Å². The first-order valence-electron chi connectivity index (χ1n) is 11.0. The average molecular weight is 423 g/mol. The molecule has 2 saturated heterocycles. The summed E-state index contributed by atoms with van der Waals surface area (Å²) in [6.45, 7) is 19.3. The van der Waals surface area contributed by atoms with Crippen LogP contribution in [0.15, 0.2) is 54.6 Å². The van der Waals surface area contributed by atoms with Gasteiger partial charge in [0.1, 0.15) is 0 Å². The van der Waals surface area contributed by atoms with E-state index in [1.165, 1.54) is 11.4 Å². The zero-order valence-corrected chi connectivity index (χ0v) is 20.9. The molecule has 3 unspecified atom stereocenters. The first kappa shape index (κ1) is 19.6. The van der Waals surface area contributed by atoms with Crippen molar-refractivity contribution >= 4 is 27.7 Å². The second kappa shape index (κ2) is 5.89. The molecule has 5 rings (SSSR count). The number of anilines is 2. The van der Waals surface area contributed by atoms with Crippen LogP contribution in [0.2, 0.25) is 0 Å². The van der Waals surface area contributed by atoms with E-state index in [1.54, 1.807) is 5.56 Å². The quantitative estimate of drug-likeness (QED) is 0.421. The van der Waals surface area contributed by atoms with Crippen LogP contribution in [0.3, 0.4) is 0 Å². The van der Waals surface area contributed by atoms with Crippen molar-refractivity contribution in [3.8, 4) is 0 Å². The van der Waals surface area contributed by atoms with E-state index < -0.39 is 8.40 Å². The number of hydrogen-bond donors (Lipinski definition) is 0. The molecule has 2 aromatic rings. The van der Waals surface area contributed by atoms with Gasteiger partial charge in [0, 0.05) is 18.4 Å². The maximum Gasteiger partial charge on any atom is 0.288 e. The predicted molar refractivity (Wildman–Crippen MR) is 131 cm³/mol. The average Bonchev–Trinajstić information content (AvgIpc) is 3.46. The van der Waals surface area contributed by atoms with Crippen molar-refractivity contribution in [3.05, 3.63) is 60.2 Å². The minimum Gasteiger partial charge on any atom is -0.377 e. The Balaban J connectivity index is 1.69. The molecular formula is C25H35N2PSi. The van der Waals surface area contributed by atoms with Gasteiger partial charge in [-0.25, -0.2) is 0 Å². The predicted octanol–water partition coefficient (Wildman–Crippen LogP) is 6.33. The molecule has 1 spiro atoms. The molecule has 3 heterocycles. The smallest absolute Gasteiger partial charge is 0.288 e. The fourth-order valence-corrected chi connectivity index (χ4v) is 22.5. The molecule has 0 radical (unpaired) electrons. The molecule has 154 valence electrons. The standard InChI is InChI=1S/C25H35N2PSi/c1-23(2,3)17-26-20-15-11-12-16-21(20)27(18-24(4,5)6)29(26)22-25(29,28(22)7)19-13-9-8-10-14-19/h8-16,22H,17-18H2,1-7H3. The Hall–Kier alpha value is -1.31. The van der Waals surface area contributed by atoms with Gasteiger partial charge in [-0.1, -0.05) is 91.9 Å². The molecule has 0 aliphatic carbocycles. The van der Waals surface area contributed by atoms with E-state index in [0.717, 1.165) is 18.4 Å². The first-order chi connectivity index (χ1) is 13.5. The van der Waals surface area contributed by atoms with Crippen LogP contribution < -0.4 is 9.13 Å². The van der Waals surface area contributed by atoms with Gasteiger partial charge in [0.05, 0.1) is 16.2 Å².